The van der Waals surface area contributed by atoms with E-state index in [1.807, 2.05) is 56.3 Å². The van der Waals surface area contributed by atoms with Gasteiger partial charge in [-0.3, -0.25) is 4.79 Å². The minimum atomic E-state index is -0.529. The van der Waals surface area contributed by atoms with Crippen molar-refractivity contribution in [3.63, 3.8) is 0 Å². The van der Waals surface area contributed by atoms with Crippen LogP contribution in [0, 0.1) is 13.8 Å². The topological polar surface area (TPSA) is 47.6 Å². The number of nitrogens with one attached hydrogen (secondary N) is 1. The normalized spacial score (nSPS) is 11.8. The molecule has 4 nitrogen and oxygen atoms in total. The molecule has 0 saturated heterocycles. The van der Waals surface area contributed by atoms with E-state index >= 15 is 0 Å². The first-order chi connectivity index (χ1) is 11.5. The standard InChI is InChI=1S/C20H25NO3/c1-5-19(24-18-10-9-14(2)15(3)11-18)20(22)21-17-8-6-7-16(12-17)13-23-4/h6-12,19H,5,13H2,1-4H3,(H,21,22). The number of carbonyl (C=O) groups excluding carboxylic acids is 1. The molecular weight excluding hydrogens is 302 g/mol. The largest absolute Gasteiger partial charge is 0.481 e. The smallest absolute Gasteiger partial charge is 0.265 e. The van der Waals surface area contributed by atoms with E-state index in [4.69, 9.17) is 9.47 Å². The molecule has 2 aromatic carbocycles. The third kappa shape index (κ3) is 4.83. The van der Waals surface area contributed by atoms with Gasteiger partial charge in [0, 0.05) is 12.8 Å². The van der Waals surface area contributed by atoms with Gasteiger partial charge < -0.3 is 14.8 Å². The van der Waals surface area contributed by atoms with Gasteiger partial charge in [0.1, 0.15) is 5.75 Å². The van der Waals surface area contributed by atoms with Gasteiger partial charge in [-0.25, -0.2) is 0 Å². The van der Waals surface area contributed by atoms with E-state index in [2.05, 4.69) is 12.2 Å². The van der Waals surface area contributed by atoms with Crippen molar-refractivity contribution in [3.05, 3.63) is 59.2 Å². The van der Waals surface area contributed by atoms with E-state index in [0.29, 0.717) is 18.8 Å². The zero-order valence-electron chi connectivity index (χ0n) is 14.8. The van der Waals surface area contributed by atoms with Crippen LogP contribution in [-0.2, 0) is 16.1 Å². The number of carbonyl (C=O) groups is 1. The van der Waals surface area contributed by atoms with Crippen LogP contribution in [-0.4, -0.2) is 19.1 Å². The van der Waals surface area contributed by atoms with Gasteiger partial charge >= 0.3 is 0 Å². The van der Waals surface area contributed by atoms with Crippen LogP contribution in [0.3, 0.4) is 0 Å². The zero-order chi connectivity index (χ0) is 17.5. The Morgan fingerprint density at radius 2 is 1.92 bits per heavy atom. The molecule has 0 aliphatic rings. The molecule has 1 atom stereocenters. The Labute approximate surface area is 143 Å². The highest BCUT2D eigenvalue weighted by molar-refractivity contribution is 5.94. The summed E-state index contributed by atoms with van der Waals surface area (Å²) in [4.78, 5) is 12.5. The van der Waals surface area contributed by atoms with Crippen molar-refractivity contribution in [2.24, 2.45) is 0 Å². The number of benzene rings is 2. The summed E-state index contributed by atoms with van der Waals surface area (Å²) in [6.45, 7) is 6.54. The van der Waals surface area contributed by atoms with E-state index < -0.39 is 6.10 Å². The van der Waals surface area contributed by atoms with Crippen molar-refractivity contribution in [2.45, 2.75) is 39.9 Å². The molecule has 2 rings (SSSR count). The van der Waals surface area contributed by atoms with Crippen LogP contribution < -0.4 is 10.1 Å². The highest BCUT2D eigenvalue weighted by atomic mass is 16.5. The molecule has 0 spiro atoms. The van der Waals surface area contributed by atoms with E-state index in [0.717, 1.165) is 16.8 Å². The molecule has 2 aromatic rings. The fourth-order valence-electron chi connectivity index (χ4n) is 2.40. The van der Waals surface area contributed by atoms with Crippen LogP contribution in [0.5, 0.6) is 5.75 Å². The number of ether oxygens (including phenoxy) is 2. The summed E-state index contributed by atoms with van der Waals surface area (Å²) in [7, 11) is 1.65. The van der Waals surface area contributed by atoms with Crippen LogP contribution in [0.4, 0.5) is 5.69 Å². The molecule has 24 heavy (non-hydrogen) atoms. The number of amides is 1. The van der Waals surface area contributed by atoms with Crippen LogP contribution in [0.2, 0.25) is 0 Å². The molecule has 0 fully saturated rings. The molecular formula is C20H25NO3. The highest BCUT2D eigenvalue weighted by Gasteiger charge is 2.18. The number of hydrogen-bond acceptors (Lipinski definition) is 3. The lowest BCUT2D eigenvalue weighted by Crippen LogP contribution is -2.32. The van der Waals surface area contributed by atoms with Crippen molar-refractivity contribution in [1.82, 2.24) is 0 Å². The molecule has 0 radical (unpaired) electrons. The molecule has 1 unspecified atom stereocenters. The first-order valence-electron chi connectivity index (χ1n) is 8.16. The van der Waals surface area contributed by atoms with Crippen LogP contribution in [0.1, 0.15) is 30.0 Å². The second-order valence-electron chi connectivity index (χ2n) is 5.88. The molecule has 4 heteroatoms. The zero-order valence-corrected chi connectivity index (χ0v) is 14.8. The van der Waals surface area contributed by atoms with Crippen LogP contribution in [0.15, 0.2) is 42.5 Å². The molecule has 1 N–H and O–H groups in total. The second kappa shape index (κ2) is 8.50. The molecule has 0 aliphatic carbocycles. The maximum absolute atomic E-state index is 12.5. The summed E-state index contributed by atoms with van der Waals surface area (Å²) in [5, 5.41) is 2.92. The summed E-state index contributed by atoms with van der Waals surface area (Å²) < 4.78 is 11.0. The highest BCUT2D eigenvalue weighted by Crippen LogP contribution is 2.19. The fourth-order valence-corrected chi connectivity index (χ4v) is 2.40. The maximum Gasteiger partial charge on any atom is 0.265 e. The Kier molecular flexibility index (Phi) is 6.38. The first-order valence-corrected chi connectivity index (χ1v) is 8.16. The number of anilines is 1. The molecule has 1 amide bonds. The van der Waals surface area contributed by atoms with E-state index in [9.17, 15) is 4.79 Å². The maximum atomic E-state index is 12.5. The first kappa shape index (κ1) is 18.0. The van der Waals surface area contributed by atoms with E-state index in [1.54, 1.807) is 7.11 Å². The van der Waals surface area contributed by atoms with Crippen LogP contribution >= 0.6 is 0 Å². The molecule has 0 aromatic heterocycles. The quantitative estimate of drug-likeness (QED) is 0.827. The molecule has 0 aliphatic heterocycles. The number of rotatable bonds is 7. The average Bonchev–Trinajstić information content (AvgIpc) is 2.56. The Balaban J connectivity index is 2.05. The second-order valence-corrected chi connectivity index (χ2v) is 5.88. The summed E-state index contributed by atoms with van der Waals surface area (Å²) in [6.07, 6.45) is 0.0643. The molecule has 0 saturated carbocycles. The SMILES string of the molecule is CCC(Oc1ccc(C)c(C)c1)C(=O)Nc1cccc(COC)c1. The summed E-state index contributed by atoms with van der Waals surface area (Å²) in [5.41, 5.74) is 4.11. The molecule has 0 heterocycles. The lowest BCUT2D eigenvalue weighted by molar-refractivity contribution is -0.122. The van der Waals surface area contributed by atoms with Gasteiger partial charge in [0.25, 0.3) is 5.91 Å². The van der Waals surface area contributed by atoms with Crippen molar-refractivity contribution in [2.75, 3.05) is 12.4 Å². The minimum absolute atomic E-state index is 0.148. The van der Waals surface area contributed by atoms with Crippen molar-refractivity contribution < 1.29 is 14.3 Å². The number of aryl methyl sites for hydroxylation is 2. The fraction of sp³-hybridized carbons (Fsp3) is 0.350. The molecule has 128 valence electrons. The predicted molar refractivity (Wildman–Crippen MR) is 96.4 cm³/mol. The lowest BCUT2D eigenvalue weighted by Gasteiger charge is -2.18. The Bertz CT molecular complexity index is 697. The monoisotopic (exact) mass is 327 g/mol. The summed E-state index contributed by atoms with van der Waals surface area (Å²) >= 11 is 0. The third-order valence-electron chi connectivity index (χ3n) is 3.93. The Morgan fingerprint density at radius 1 is 1.12 bits per heavy atom. The number of methoxy groups -OCH3 is 1. The summed E-state index contributed by atoms with van der Waals surface area (Å²) in [5.74, 6) is 0.568. The van der Waals surface area contributed by atoms with Crippen molar-refractivity contribution in [1.29, 1.82) is 0 Å². The van der Waals surface area contributed by atoms with Gasteiger partial charge in [-0.1, -0.05) is 25.1 Å². The summed E-state index contributed by atoms with van der Waals surface area (Å²) in [6, 6.07) is 13.5. The van der Waals surface area contributed by atoms with Crippen molar-refractivity contribution >= 4 is 11.6 Å². The van der Waals surface area contributed by atoms with Gasteiger partial charge in [0.2, 0.25) is 0 Å². The minimum Gasteiger partial charge on any atom is -0.481 e. The van der Waals surface area contributed by atoms with Gasteiger partial charge in [-0.2, -0.15) is 0 Å². The average molecular weight is 327 g/mol. The van der Waals surface area contributed by atoms with Gasteiger partial charge in [-0.05, 0) is 61.2 Å². The predicted octanol–water partition coefficient (Wildman–Crippen LogP) is 4.25. The molecule has 0 bridgehead atoms. The van der Waals surface area contributed by atoms with Crippen LogP contribution in [0.25, 0.3) is 0 Å². The van der Waals surface area contributed by atoms with Gasteiger partial charge in [-0.15, -0.1) is 0 Å². The Hall–Kier alpha value is -2.33. The van der Waals surface area contributed by atoms with Gasteiger partial charge in [0.05, 0.1) is 6.61 Å². The number of hydrogen-bond donors (Lipinski definition) is 1. The third-order valence-corrected chi connectivity index (χ3v) is 3.93. The lowest BCUT2D eigenvalue weighted by atomic mass is 10.1. The van der Waals surface area contributed by atoms with Gasteiger partial charge in [0.15, 0.2) is 6.10 Å². The Morgan fingerprint density at radius 3 is 2.58 bits per heavy atom. The van der Waals surface area contributed by atoms with E-state index in [1.165, 1.54) is 5.56 Å². The van der Waals surface area contributed by atoms with Crippen molar-refractivity contribution in [3.8, 4) is 5.75 Å². The van der Waals surface area contributed by atoms with E-state index in [-0.39, 0.29) is 5.91 Å².